The van der Waals surface area contributed by atoms with Crippen LogP contribution in [0, 0.1) is 13.8 Å². The lowest BCUT2D eigenvalue weighted by molar-refractivity contribution is -0.00296. The van der Waals surface area contributed by atoms with E-state index in [2.05, 4.69) is 10.1 Å². The van der Waals surface area contributed by atoms with Crippen LogP contribution in [-0.2, 0) is 21.4 Å². The molecule has 0 amide bonds. The average Bonchev–Trinajstić information content (AvgIpc) is 2.99. The second kappa shape index (κ2) is 7.00. The largest absolute Gasteiger partial charge is 0.367 e. The molecule has 1 atom stereocenters. The highest BCUT2D eigenvalue weighted by molar-refractivity contribution is 7.89. The summed E-state index contributed by atoms with van der Waals surface area (Å²) in [5.41, 5.74) is 0.924. The first kappa shape index (κ1) is 17.1. The van der Waals surface area contributed by atoms with Gasteiger partial charge in [0.1, 0.15) is 6.61 Å². The summed E-state index contributed by atoms with van der Waals surface area (Å²) in [7, 11) is -3.49. The van der Waals surface area contributed by atoms with Crippen LogP contribution in [0.2, 0.25) is 0 Å². The van der Waals surface area contributed by atoms with Crippen molar-refractivity contribution in [2.24, 2.45) is 0 Å². The van der Waals surface area contributed by atoms with Crippen molar-refractivity contribution in [1.29, 1.82) is 0 Å². The molecule has 0 aliphatic carbocycles. The van der Waals surface area contributed by atoms with Gasteiger partial charge in [-0.05, 0) is 44.4 Å². The van der Waals surface area contributed by atoms with E-state index in [4.69, 9.17) is 9.26 Å². The lowest BCUT2D eigenvalue weighted by atomic mass is 10.1. The van der Waals surface area contributed by atoms with Gasteiger partial charge >= 0.3 is 0 Å². The molecule has 24 heavy (non-hydrogen) atoms. The van der Waals surface area contributed by atoms with Crippen molar-refractivity contribution < 1.29 is 17.7 Å². The van der Waals surface area contributed by atoms with E-state index >= 15 is 0 Å². The Morgan fingerprint density at radius 2 is 2.21 bits per heavy atom. The van der Waals surface area contributed by atoms with E-state index in [1.54, 1.807) is 25.1 Å². The van der Waals surface area contributed by atoms with Crippen molar-refractivity contribution in [2.75, 3.05) is 13.1 Å². The minimum Gasteiger partial charge on any atom is -0.367 e. The number of nitrogens with zero attached hydrogens (tertiary/aromatic N) is 3. The number of ether oxygens (including phenoxy) is 1. The van der Waals surface area contributed by atoms with Gasteiger partial charge in [-0.2, -0.15) is 9.29 Å². The fourth-order valence-corrected chi connectivity index (χ4v) is 4.39. The first-order valence-corrected chi connectivity index (χ1v) is 9.37. The lowest BCUT2D eigenvalue weighted by Crippen LogP contribution is -2.43. The van der Waals surface area contributed by atoms with Crippen LogP contribution >= 0.6 is 0 Å². The maximum atomic E-state index is 12.8. The van der Waals surface area contributed by atoms with Crippen LogP contribution in [0.4, 0.5) is 0 Å². The van der Waals surface area contributed by atoms with Gasteiger partial charge in [-0.15, -0.1) is 0 Å². The van der Waals surface area contributed by atoms with Gasteiger partial charge in [-0.1, -0.05) is 17.3 Å². The fourth-order valence-electron chi connectivity index (χ4n) is 2.77. The average molecular weight is 351 g/mol. The molecule has 1 aliphatic heterocycles. The molecule has 0 saturated carbocycles. The van der Waals surface area contributed by atoms with E-state index < -0.39 is 10.0 Å². The van der Waals surface area contributed by atoms with Gasteiger partial charge in [-0.25, -0.2) is 8.42 Å². The molecule has 0 N–H and O–H groups in total. The van der Waals surface area contributed by atoms with Crippen LogP contribution in [0.5, 0.6) is 0 Å². The molecule has 2 aromatic rings. The van der Waals surface area contributed by atoms with E-state index in [0.717, 1.165) is 18.4 Å². The van der Waals surface area contributed by atoms with Crippen molar-refractivity contribution in [3.63, 3.8) is 0 Å². The SMILES string of the molecule is Cc1cccc(S(=O)(=O)N2CCC[C@@H](OCc3nc(C)no3)C2)c1. The normalized spacial score (nSPS) is 19.5. The standard InChI is InChI=1S/C16H21N3O4S/c1-12-5-3-7-15(9-12)24(20,21)19-8-4-6-14(10-19)22-11-16-17-13(2)18-23-16/h3,5,7,9,14H,4,6,8,10-11H2,1-2H3/t14-/m1/s1. The molecule has 0 radical (unpaired) electrons. The first-order chi connectivity index (χ1) is 11.4. The molecule has 0 unspecified atom stereocenters. The Balaban J connectivity index is 1.66. The molecule has 1 aliphatic rings. The van der Waals surface area contributed by atoms with Crippen molar-refractivity contribution in [2.45, 2.75) is 44.3 Å². The Hall–Kier alpha value is -1.77. The second-order valence-electron chi connectivity index (χ2n) is 5.99. The predicted octanol–water partition coefficient (Wildman–Crippen LogP) is 2.06. The number of rotatable bonds is 5. The molecule has 2 heterocycles. The molecule has 1 saturated heterocycles. The topological polar surface area (TPSA) is 85.5 Å². The molecule has 130 valence electrons. The minimum absolute atomic E-state index is 0.175. The summed E-state index contributed by atoms with van der Waals surface area (Å²) in [6, 6.07) is 6.97. The summed E-state index contributed by atoms with van der Waals surface area (Å²) in [4.78, 5) is 4.41. The molecule has 1 aromatic carbocycles. The number of piperidine rings is 1. The Morgan fingerprint density at radius 3 is 2.92 bits per heavy atom. The van der Waals surface area contributed by atoms with Crippen LogP contribution in [0.15, 0.2) is 33.7 Å². The lowest BCUT2D eigenvalue weighted by Gasteiger charge is -2.31. The zero-order valence-electron chi connectivity index (χ0n) is 13.8. The highest BCUT2D eigenvalue weighted by atomic mass is 32.2. The molecule has 0 bridgehead atoms. The van der Waals surface area contributed by atoms with Gasteiger partial charge in [0.15, 0.2) is 5.82 Å². The monoisotopic (exact) mass is 351 g/mol. The van der Waals surface area contributed by atoms with Gasteiger partial charge < -0.3 is 9.26 Å². The number of aromatic nitrogens is 2. The Labute approximate surface area is 141 Å². The fraction of sp³-hybridized carbons (Fsp3) is 0.500. The highest BCUT2D eigenvalue weighted by Gasteiger charge is 2.30. The summed E-state index contributed by atoms with van der Waals surface area (Å²) in [5.74, 6) is 0.965. The van der Waals surface area contributed by atoms with Gasteiger partial charge in [0, 0.05) is 13.1 Å². The quantitative estimate of drug-likeness (QED) is 0.820. The first-order valence-electron chi connectivity index (χ1n) is 7.93. The van der Waals surface area contributed by atoms with E-state index in [0.29, 0.717) is 29.7 Å². The summed E-state index contributed by atoms with van der Waals surface area (Å²) in [5, 5.41) is 3.71. The second-order valence-corrected chi connectivity index (χ2v) is 7.93. The Morgan fingerprint density at radius 1 is 1.38 bits per heavy atom. The maximum Gasteiger partial charge on any atom is 0.252 e. The van der Waals surface area contributed by atoms with Gasteiger partial charge in [0.2, 0.25) is 10.0 Å². The number of benzene rings is 1. The highest BCUT2D eigenvalue weighted by Crippen LogP contribution is 2.23. The number of hydrogen-bond donors (Lipinski definition) is 0. The van der Waals surface area contributed by atoms with Crippen molar-refractivity contribution >= 4 is 10.0 Å². The van der Waals surface area contributed by atoms with Crippen molar-refractivity contribution in [3.8, 4) is 0 Å². The van der Waals surface area contributed by atoms with Crippen LogP contribution in [0.3, 0.4) is 0 Å². The third kappa shape index (κ3) is 3.82. The number of sulfonamides is 1. The summed E-state index contributed by atoms with van der Waals surface area (Å²) < 4.78 is 37.9. The summed E-state index contributed by atoms with van der Waals surface area (Å²) in [6.07, 6.45) is 1.40. The molecule has 1 fully saturated rings. The zero-order chi connectivity index (χ0) is 17.2. The molecule has 7 nitrogen and oxygen atoms in total. The Kier molecular flexibility index (Phi) is 4.98. The van der Waals surface area contributed by atoms with Gasteiger partial charge in [0.05, 0.1) is 11.0 Å². The molecule has 0 spiro atoms. The van der Waals surface area contributed by atoms with Crippen LogP contribution in [-0.4, -0.2) is 42.1 Å². The van der Waals surface area contributed by atoms with Crippen molar-refractivity contribution in [1.82, 2.24) is 14.4 Å². The van der Waals surface area contributed by atoms with Gasteiger partial charge in [-0.3, -0.25) is 0 Å². The number of aryl methyl sites for hydroxylation is 2. The third-order valence-corrected chi connectivity index (χ3v) is 5.84. The van der Waals surface area contributed by atoms with E-state index in [-0.39, 0.29) is 12.7 Å². The molecular weight excluding hydrogens is 330 g/mol. The maximum absolute atomic E-state index is 12.8. The zero-order valence-corrected chi connectivity index (χ0v) is 14.6. The minimum atomic E-state index is -3.49. The van der Waals surface area contributed by atoms with E-state index in [1.165, 1.54) is 4.31 Å². The smallest absolute Gasteiger partial charge is 0.252 e. The molecular formula is C16H21N3O4S. The van der Waals surface area contributed by atoms with Crippen LogP contribution in [0.1, 0.15) is 30.1 Å². The summed E-state index contributed by atoms with van der Waals surface area (Å²) >= 11 is 0. The van der Waals surface area contributed by atoms with Crippen molar-refractivity contribution in [3.05, 3.63) is 41.5 Å². The molecule has 3 rings (SSSR count). The Bertz CT molecular complexity index is 803. The van der Waals surface area contributed by atoms with Gasteiger partial charge in [0.25, 0.3) is 5.89 Å². The van der Waals surface area contributed by atoms with E-state index in [9.17, 15) is 8.42 Å². The third-order valence-electron chi connectivity index (χ3n) is 3.98. The number of hydrogen-bond acceptors (Lipinski definition) is 6. The molecule has 8 heteroatoms. The summed E-state index contributed by atoms with van der Waals surface area (Å²) in [6.45, 7) is 4.67. The van der Waals surface area contributed by atoms with Crippen LogP contribution < -0.4 is 0 Å². The predicted molar refractivity (Wildman–Crippen MR) is 86.8 cm³/mol. The molecule has 1 aromatic heterocycles. The van der Waals surface area contributed by atoms with Crippen LogP contribution in [0.25, 0.3) is 0 Å². The van der Waals surface area contributed by atoms with E-state index in [1.807, 2.05) is 13.0 Å².